The van der Waals surface area contributed by atoms with Gasteiger partial charge in [-0.05, 0) is 48.6 Å². The number of para-hydroxylation sites is 1. The third kappa shape index (κ3) is 5.56. The molecule has 0 bridgehead atoms. The number of methoxy groups -OCH3 is 1. The number of rotatable bonds is 7. The summed E-state index contributed by atoms with van der Waals surface area (Å²) >= 11 is 5.18. The standard InChI is InChI=1S/C21H20N2O5S/c1-26-19-11-14(7-9-17(19)18-10-8-16(12-24)28-18)22-21(29)23-20(25)13-27-15-5-3-2-4-6-15/h2-11,24H,12-13H2,1H3,(H2,22,23,25,29). The number of aliphatic hydroxyl groups excluding tert-OH is 1. The first-order valence-electron chi connectivity index (χ1n) is 8.75. The van der Waals surface area contributed by atoms with E-state index in [1.165, 1.54) is 0 Å². The fraction of sp³-hybridized carbons (Fsp3) is 0.143. The lowest BCUT2D eigenvalue weighted by atomic mass is 10.1. The molecule has 0 aliphatic heterocycles. The first-order valence-corrected chi connectivity index (χ1v) is 9.16. The van der Waals surface area contributed by atoms with Gasteiger partial charge in [0.1, 0.15) is 29.6 Å². The summed E-state index contributed by atoms with van der Waals surface area (Å²) in [6.07, 6.45) is 0. The van der Waals surface area contributed by atoms with E-state index < -0.39 is 0 Å². The van der Waals surface area contributed by atoms with Gasteiger partial charge in [-0.2, -0.15) is 0 Å². The average Bonchev–Trinajstić information content (AvgIpc) is 3.22. The average molecular weight is 412 g/mol. The van der Waals surface area contributed by atoms with E-state index in [-0.39, 0.29) is 24.2 Å². The van der Waals surface area contributed by atoms with Crippen molar-refractivity contribution in [1.29, 1.82) is 0 Å². The molecule has 150 valence electrons. The Balaban J connectivity index is 1.59. The molecule has 7 nitrogen and oxygen atoms in total. The number of carbonyl (C=O) groups is 1. The lowest BCUT2D eigenvalue weighted by Crippen LogP contribution is -2.37. The van der Waals surface area contributed by atoms with Gasteiger partial charge in [0, 0.05) is 11.8 Å². The van der Waals surface area contributed by atoms with E-state index in [0.717, 1.165) is 5.56 Å². The van der Waals surface area contributed by atoms with Crippen LogP contribution in [-0.4, -0.2) is 29.8 Å². The Kier molecular flexibility index (Phi) is 6.83. The highest BCUT2D eigenvalue weighted by molar-refractivity contribution is 7.80. The monoisotopic (exact) mass is 412 g/mol. The fourth-order valence-corrected chi connectivity index (χ4v) is 2.80. The molecule has 29 heavy (non-hydrogen) atoms. The van der Waals surface area contributed by atoms with E-state index in [1.807, 2.05) is 18.2 Å². The minimum atomic E-state index is -0.373. The van der Waals surface area contributed by atoms with Gasteiger partial charge in [0.2, 0.25) is 0 Å². The van der Waals surface area contributed by atoms with Crippen LogP contribution in [0.2, 0.25) is 0 Å². The number of hydrogen-bond acceptors (Lipinski definition) is 6. The molecule has 0 fully saturated rings. The van der Waals surface area contributed by atoms with E-state index in [1.54, 1.807) is 49.6 Å². The number of hydrogen-bond donors (Lipinski definition) is 3. The SMILES string of the molecule is COc1cc(NC(=S)NC(=O)COc2ccccc2)ccc1-c1ccc(CO)o1. The van der Waals surface area contributed by atoms with Gasteiger partial charge in [-0.3, -0.25) is 10.1 Å². The zero-order chi connectivity index (χ0) is 20.6. The molecule has 0 aliphatic carbocycles. The van der Waals surface area contributed by atoms with Crippen molar-refractivity contribution in [1.82, 2.24) is 5.32 Å². The molecule has 0 spiro atoms. The number of furan rings is 1. The summed E-state index contributed by atoms with van der Waals surface area (Å²) in [6, 6.07) is 17.8. The minimum absolute atomic E-state index is 0.141. The Morgan fingerprint density at radius 1 is 1.14 bits per heavy atom. The van der Waals surface area contributed by atoms with Gasteiger partial charge in [-0.1, -0.05) is 18.2 Å². The van der Waals surface area contributed by atoms with Gasteiger partial charge in [0.15, 0.2) is 11.7 Å². The molecule has 0 radical (unpaired) electrons. The maximum atomic E-state index is 12.0. The van der Waals surface area contributed by atoms with Crippen molar-refractivity contribution in [2.45, 2.75) is 6.61 Å². The molecule has 0 saturated heterocycles. The van der Waals surface area contributed by atoms with Crippen LogP contribution in [0.3, 0.4) is 0 Å². The number of amides is 1. The Labute approximate surface area is 173 Å². The van der Waals surface area contributed by atoms with Crippen LogP contribution in [0.4, 0.5) is 5.69 Å². The van der Waals surface area contributed by atoms with Crippen LogP contribution in [0, 0.1) is 0 Å². The third-order valence-electron chi connectivity index (χ3n) is 3.91. The maximum absolute atomic E-state index is 12.0. The second-order valence-electron chi connectivity index (χ2n) is 5.94. The molecule has 0 aliphatic rings. The highest BCUT2D eigenvalue weighted by atomic mass is 32.1. The predicted molar refractivity (Wildman–Crippen MR) is 113 cm³/mol. The topological polar surface area (TPSA) is 93.0 Å². The first-order chi connectivity index (χ1) is 14.1. The van der Waals surface area contributed by atoms with Crippen LogP contribution in [0.5, 0.6) is 11.5 Å². The smallest absolute Gasteiger partial charge is 0.264 e. The molecule has 1 heterocycles. The zero-order valence-corrected chi connectivity index (χ0v) is 16.5. The number of aliphatic hydroxyl groups is 1. The summed E-state index contributed by atoms with van der Waals surface area (Å²) < 4.78 is 16.4. The summed E-state index contributed by atoms with van der Waals surface area (Å²) in [5.41, 5.74) is 1.36. The maximum Gasteiger partial charge on any atom is 0.264 e. The number of thiocarbonyl (C=S) groups is 1. The normalized spacial score (nSPS) is 10.3. The second kappa shape index (κ2) is 9.72. The van der Waals surface area contributed by atoms with E-state index >= 15 is 0 Å². The highest BCUT2D eigenvalue weighted by Gasteiger charge is 2.12. The van der Waals surface area contributed by atoms with Crippen LogP contribution in [0.1, 0.15) is 5.76 Å². The molecule has 3 rings (SSSR count). The molecule has 2 aromatic carbocycles. The van der Waals surface area contributed by atoms with Gasteiger partial charge >= 0.3 is 0 Å². The lowest BCUT2D eigenvalue weighted by Gasteiger charge is -2.13. The van der Waals surface area contributed by atoms with Crippen LogP contribution in [0.25, 0.3) is 11.3 Å². The number of benzene rings is 2. The zero-order valence-electron chi connectivity index (χ0n) is 15.7. The molecule has 3 N–H and O–H groups in total. The van der Waals surface area contributed by atoms with Crippen LogP contribution in [0.15, 0.2) is 65.1 Å². The summed E-state index contributed by atoms with van der Waals surface area (Å²) in [7, 11) is 1.54. The Hall–Kier alpha value is -3.36. The quantitative estimate of drug-likeness (QED) is 0.513. The molecular weight excluding hydrogens is 392 g/mol. The van der Waals surface area contributed by atoms with Crippen molar-refractivity contribution in [2.75, 3.05) is 19.0 Å². The van der Waals surface area contributed by atoms with E-state index in [0.29, 0.717) is 28.7 Å². The van der Waals surface area contributed by atoms with Crippen molar-refractivity contribution in [3.05, 3.63) is 66.4 Å². The van der Waals surface area contributed by atoms with Crippen LogP contribution in [-0.2, 0) is 11.4 Å². The van der Waals surface area contributed by atoms with Gasteiger partial charge in [0.25, 0.3) is 5.91 Å². The van der Waals surface area contributed by atoms with Gasteiger partial charge < -0.3 is 24.3 Å². The van der Waals surface area contributed by atoms with Crippen molar-refractivity contribution in [2.24, 2.45) is 0 Å². The molecule has 0 saturated carbocycles. The minimum Gasteiger partial charge on any atom is -0.496 e. The fourth-order valence-electron chi connectivity index (χ4n) is 2.57. The molecule has 3 aromatic rings. The Bertz CT molecular complexity index is 988. The second-order valence-corrected chi connectivity index (χ2v) is 6.35. The lowest BCUT2D eigenvalue weighted by molar-refractivity contribution is -0.121. The van der Waals surface area contributed by atoms with Crippen LogP contribution < -0.4 is 20.1 Å². The van der Waals surface area contributed by atoms with Gasteiger partial charge in [0.05, 0.1) is 12.7 Å². The number of carbonyl (C=O) groups excluding carboxylic acids is 1. The molecule has 1 aromatic heterocycles. The number of anilines is 1. The molecule has 1 amide bonds. The van der Waals surface area contributed by atoms with Gasteiger partial charge in [-0.25, -0.2) is 0 Å². The van der Waals surface area contributed by atoms with E-state index in [9.17, 15) is 4.79 Å². The van der Waals surface area contributed by atoms with Crippen molar-refractivity contribution >= 4 is 28.9 Å². The van der Waals surface area contributed by atoms with Crippen molar-refractivity contribution in [3.8, 4) is 22.8 Å². The van der Waals surface area contributed by atoms with Crippen molar-refractivity contribution in [3.63, 3.8) is 0 Å². The summed E-state index contributed by atoms with van der Waals surface area (Å²) in [4.78, 5) is 12.0. The molecule has 0 unspecified atom stereocenters. The molecule has 8 heteroatoms. The van der Waals surface area contributed by atoms with Gasteiger partial charge in [-0.15, -0.1) is 0 Å². The summed E-state index contributed by atoms with van der Waals surface area (Å²) in [6.45, 7) is -0.330. The largest absolute Gasteiger partial charge is 0.496 e. The van der Waals surface area contributed by atoms with E-state index in [4.69, 9.17) is 31.2 Å². The molecule has 0 atom stereocenters. The number of nitrogens with one attached hydrogen (secondary N) is 2. The summed E-state index contributed by atoms with van der Waals surface area (Å²) in [5, 5.41) is 14.8. The molecular formula is C21H20N2O5S. The predicted octanol–water partition coefficient (Wildman–Crippen LogP) is 3.34. The van der Waals surface area contributed by atoms with E-state index in [2.05, 4.69) is 10.6 Å². The third-order valence-corrected chi connectivity index (χ3v) is 4.11. The van der Waals surface area contributed by atoms with Crippen LogP contribution >= 0.6 is 12.2 Å². The Morgan fingerprint density at radius 2 is 1.93 bits per heavy atom. The van der Waals surface area contributed by atoms with Crippen molar-refractivity contribution < 1.29 is 23.8 Å². The Morgan fingerprint density at radius 3 is 2.62 bits per heavy atom. The highest BCUT2D eigenvalue weighted by Crippen LogP contribution is 2.33. The summed E-state index contributed by atoms with van der Waals surface area (Å²) in [5.74, 6) is 1.82. The first kappa shape index (κ1) is 20.4. The number of ether oxygens (including phenoxy) is 2.